The Morgan fingerprint density at radius 3 is 2.78 bits per heavy atom. The molecule has 3 aliphatic rings. The van der Waals surface area contributed by atoms with Gasteiger partial charge in [0, 0.05) is 38.0 Å². The third kappa shape index (κ3) is 3.74. The van der Waals surface area contributed by atoms with Gasteiger partial charge in [-0.1, -0.05) is 6.07 Å². The van der Waals surface area contributed by atoms with Crippen LogP contribution in [0.3, 0.4) is 0 Å². The van der Waals surface area contributed by atoms with Crippen molar-refractivity contribution in [2.24, 2.45) is 11.8 Å². The monoisotopic (exact) mass is 386 g/mol. The molecule has 1 aromatic rings. The Balaban J connectivity index is 1.40. The van der Waals surface area contributed by atoms with Gasteiger partial charge in [0.2, 0.25) is 5.91 Å². The minimum absolute atomic E-state index is 0.0289. The molecule has 2 aliphatic heterocycles. The maximum Gasteiger partial charge on any atom is 0.433 e. The Kier molecular flexibility index (Phi) is 4.73. The number of halogens is 4. The lowest BCUT2D eigenvalue weighted by Gasteiger charge is -2.24. The first kappa shape index (κ1) is 18.5. The van der Waals surface area contributed by atoms with Crippen LogP contribution in [-0.4, -0.2) is 48.8 Å². The molecular weight excluding hydrogens is 364 g/mol. The molecule has 0 unspecified atom stereocenters. The van der Waals surface area contributed by atoms with E-state index in [1.54, 1.807) is 6.07 Å². The topological polar surface area (TPSA) is 57.3 Å². The van der Waals surface area contributed by atoms with E-state index in [9.17, 15) is 22.4 Å². The summed E-state index contributed by atoms with van der Waals surface area (Å²) in [7, 11) is 0. The molecule has 2 N–H and O–H groups in total. The first-order valence-corrected chi connectivity index (χ1v) is 9.28. The van der Waals surface area contributed by atoms with Crippen molar-refractivity contribution in [1.29, 1.82) is 0 Å². The van der Waals surface area contributed by atoms with Crippen molar-refractivity contribution < 1.29 is 22.4 Å². The number of hydrogen-bond acceptors (Lipinski definition) is 4. The van der Waals surface area contributed by atoms with E-state index in [1.165, 1.54) is 6.07 Å². The van der Waals surface area contributed by atoms with Crippen LogP contribution in [0.2, 0.25) is 0 Å². The molecule has 3 fully saturated rings. The summed E-state index contributed by atoms with van der Waals surface area (Å²) in [6, 6.07) is 3.40. The zero-order valence-corrected chi connectivity index (χ0v) is 14.7. The van der Waals surface area contributed by atoms with E-state index in [4.69, 9.17) is 0 Å². The summed E-state index contributed by atoms with van der Waals surface area (Å²) in [6.45, 7) is 1.40. The zero-order valence-electron chi connectivity index (χ0n) is 14.7. The zero-order chi connectivity index (χ0) is 19.2. The second kappa shape index (κ2) is 6.92. The van der Waals surface area contributed by atoms with Crippen molar-refractivity contribution in [3.63, 3.8) is 0 Å². The van der Waals surface area contributed by atoms with Crippen molar-refractivity contribution in [2.75, 3.05) is 24.5 Å². The van der Waals surface area contributed by atoms with Crippen molar-refractivity contribution in [3.05, 3.63) is 23.9 Å². The molecule has 0 spiro atoms. The minimum Gasteiger partial charge on any atom is -0.356 e. The highest BCUT2D eigenvalue weighted by atomic mass is 19.4. The van der Waals surface area contributed by atoms with Crippen LogP contribution >= 0.6 is 0 Å². The van der Waals surface area contributed by atoms with E-state index >= 15 is 0 Å². The molecule has 2 saturated heterocycles. The molecule has 1 amide bonds. The summed E-state index contributed by atoms with van der Waals surface area (Å²) in [5.74, 6) is 0.628. The number of anilines is 1. The summed E-state index contributed by atoms with van der Waals surface area (Å²) >= 11 is 0. The van der Waals surface area contributed by atoms with Crippen LogP contribution in [-0.2, 0) is 11.0 Å². The quantitative estimate of drug-likeness (QED) is 0.782. The molecule has 1 aliphatic carbocycles. The molecule has 0 bridgehead atoms. The smallest absolute Gasteiger partial charge is 0.356 e. The number of pyridine rings is 1. The second-order valence-corrected chi connectivity index (χ2v) is 7.69. The average molecular weight is 386 g/mol. The molecule has 9 heteroatoms. The first-order chi connectivity index (χ1) is 12.8. The molecule has 148 valence electrons. The fraction of sp³-hybridized carbons (Fsp3) is 0.667. The molecular formula is C18H22F4N4O. The van der Waals surface area contributed by atoms with Gasteiger partial charge in [0.1, 0.15) is 17.7 Å². The van der Waals surface area contributed by atoms with Gasteiger partial charge < -0.3 is 15.5 Å². The third-order valence-corrected chi connectivity index (χ3v) is 5.93. The maximum atomic E-state index is 13.3. The molecule has 3 heterocycles. The van der Waals surface area contributed by atoms with Gasteiger partial charge >= 0.3 is 6.18 Å². The Labute approximate surface area is 154 Å². The number of aromatic nitrogens is 1. The van der Waals surface area contributed by atoms with E-state index in [2.05, 4.69) is 15.6 Å². The van der Waals surface area contributed by atoms with E-state index in [0.717, 1.165) is 18.9 Å². The number of hydrogen-bond donors (Lipinski definition) is 2. The van der Waals surface area contributed by atoms with Crippen LogP contribution < -0.4 is 15.5 Å². The number of alkyl halides is 4. The van der Waals surface area contributed by atoms with Gasteiger partial charge in [-0.15, -0.1) is 0 Å². The third-order valence-electron chi connectivity index (χ3n) is 5.93. The normalized spacial score (nSPS) is 33.3. The Morgan fingerprint density at radius 2 is 2.07 bits per heavy atom. The summed E-state index contributed by atoms with van der Waals surface area (Å²) in [6.07, 6.45) is -3.52. The largest absolute Gasteiger partial charge is 0.433 e. The van der Waals surface area contributed by atoms with Gasteiger partial charge in [0.25, 0.3) is 0 Å². The standard InChI is InChI=1S/C18H22F4N4O/c19-11-6-14(23-7-11)17(27)24-13-5-4-10-8-26(9-12(10)13)16-3-1-2-15(25-16)18(20,21)22/h1-3,10-14,23H,4-9H2,(H,24,27)/t10-,11+,12+,13+,14+/m1/s1. The first-order valence-electron chi connectivity index (χ1n) is 9.28. The van der Waals surface area contributed by atoms with Crippen LogP contribution in [0.4, 0.5) is 23.4 Å². The van der Waals surface area contributed by atoms with Crippen LogP contribution in [0.5, 0.6) is 0 Å². The summed E-state index contributed by atoms with van der Waals surface area (Å²) < 4.78 is 52.0. The lowest BCUT2D eigenvalue weighted by Crippen LogP contribution is -2.47. The molecule has 4 rings (SSSR count). The van der Waals surface area contributed by atoms with Crippen molar-refractivity contribution in [1.82, 2.24) is 15.6 Å². The maximum absolute atomic E-state index is 13.3. The van der Waals surface area contributed by atoms with Crippen LogP contribution in [0.15, 0.2) is 18.2 Å². The summed E-state index contributed by atoms with van der Waals surface area (Å²) in [4.78, 5) is 18.0. The number of carbonyl (C=O) groups excluding carboxylic acids is 1. The van der Waals surface area contributed by atoms with E-state index < -0.39 is 24.1 Å². The van der Waals surface area contributed by atoms with Crippen LogP contribution in [0.25, 0.3) is 0 Å². The van der Waals surface area contributed by atoms with Crippen molar-refractivity contribution in [2.45, 2.75) is 43.7 Å². The van der Waals surface area contributed by atoms with Gasteiger partial charge in [-0.2, -0.15) is 13.2 Å². The molecule has 1 saturated carbocycles. The van der Waals surface area contributed by atoms with Gasteiger partial charge in [0.05, 0.1) is 6.04 Å². The highest BCUT2D eigenvalue weighted by Gasteiger charge is 2.44. The number of rotatable bonds is 3. The van der Waals surface area contributed by atoms with Gasteiger partial charge in [-0.25, -0.2) is 9.37 Å². The molecule has 5 atom stereocenters. The molecule has 5 nitrogen and oxygen atoms in total. The molecule has 1 aromatic heterocycles. The fourth-order valence-corrected chi connectivity index (χ4v) is 4.56. The predicted molar refractivity (Wildman–Crippen MR) is 90.9 cm³/mol. The number of nitrogens with zero attached hydrogens (tertiary/aromatic N) is 2. The molecule has 27 heavy (non-hydrogen) atoms. The highest BCUT2D eigenvalue weighted by Crippen LogP contribution is 2.40. The Morgan fingerprint density at radius 1 is 1.26 bits per heavy atom. The Hall–Kier alpha value is -1.90. The lowest BCUT2D eigenvalue weighted by atomic mass is 9.97. The SMILES string of the molecule is O=C(N[C@H]1CC[C@@H]2CN(c3cccc(C(F)(F)F)n3)C[C@@H]21)[C@@H]1C[C@H](F)CN1. The summed E-state index contributed by atoms with van der Waals surface area (Å²) in [5, 5.41) is 5.91. The van der Waals surface area contributed by atoms with Gasteiger partial charge in [0.15, 0.2) is 0 Å². The fourth-order valence-electron chi connectivity index (χ4n) is 4.56. The van der Waals surface area contributed by atoms with Gasteiger partial charge in [-0.05, 0) is 30.9 Å². The number of fused-ring (bicyclic) bond motifs is 1. The van der Waals surface area contributed by atoms with E-state index in [-0.39, 0.29) is 30.8 Å². The lowest BCUT2D eigenvalue weighted by molar-refractivity contribution is -0.141. The number of nitrogens with one attached hydrogen (secondary N) is 2. The van der Waals surface area contributed by atoms with Gasteiger partial charge in [-0.3, -0.25) is 4.79 Å². The minimum atomic E-state index is -4.47. The van der Waals surface area contributed by atoms with E-state index in [0.29, 0.717) is 24.8 Å². The molecule has 0 radical (unpaired) electrons. The second-order valence-electron chi connectivity index (χ2n) is 7.69. The van der Waals surface area contributed by atoms with Crippen molar-refractivity contribution >= 4 is 11.7 Å². The van der Waals surface area contributed by atoms with Crippen LogP contribution in [0.1, 0.15) is 25.0 Å². The highest BCUT2D eigenvalue weighted by molar-refractivity contribution is 5.82. The molecule has 0 aromatic carbocycles. The number of amides is 1. The predicted octanol–water partition coefficient (Wildman–Crippen LogP) is 2.13. The van der Waals surface area contributed by atoms with E-state index in [1.807, 2.05) is 4.90 Å². The Bertz CT molecular complexity index is 713. The average Bonchev–Trinajstić information content (AvgIpc) is 3.31. The van der Waals surface area contributed by atoms with Crippen LogP contribution in [0, 0.1) is 11.8 Å². The van der Waals surface area contributed by atoms with Crippen molar-refractivity contribution in [3.8, 4) is 0 Å². The number of carbonyl (C=O) groups is 1. The summed E-state index contributed by atoms with van der Waals surface area (Å²) in [5.41, 5.74) is -0.894.